The van der Waals surface area contributed by atoms with Gasteiger partial charge in [0.15, 0.2) is 0 Å². The minimum atomic E-state index is -0.818. The second kappa shape index (κ2) is 5.46. The van der Waals surface area contributed by atoms with Crippen LogP contribution in [0.5, 0.6) is 0 Å². The van der Waals surface area contributed by atoms with Crippen LogP contribution < -0.4 is 0 Å². The Hall–Kier alpha value is 0.137. The highest BCUT2D eigenvalue weighted by molar-refractivity contribution is 6.58. The third-order valence-corrected chi connectivity index (χ3v) is 6.21. The van der Waals surface area contributed by atoms with Crippen molar-refractivity contribution in [3.8, 4) is 0 Å². The van der Waals surface area contributed by atoms with E-state index >= 15 is 0 Å². The lowest BCUT2D eigenvalue weighted by molar-refractivity contribution is -0.154. The lowest BCUT2D eigenvalue weighted by atomic mass is 10.0. The van der Waals surface area contributed by atoms with Gasteiger partial charge in [-0.2, -0.15) is 0 Å². The van der Waals surface area contributed by atoms with Crippen molar-refractivity contribution in [3.63, 3.8) is 0 Å². The Bertz CT molecular complexity index is 188. The standard InChI is InChI=1S/C12H28O2Si/c1-9-13-10(2)11(3,4)14-12(5,6)15(7)8/h10,15H,9H2,1-8H3. The van der Waals surface area contributed by atoms with E-state index in [0.29, 0.717) is 0 Å². The van der Waals surface area contributed by atoms with E-state index in [1.807, 2.05) is 6.92 Å². The molecule has 0 radical (unpaired) electrons. The highest BCUT2D eigenvalue weighted by atomic mass is 28.3. The highest BCUT2D eigenvalue weighted by Gasteiger charge is 2.36. The summed E-state index contributed by atoms with van der Waals surface area (Å²) in [6, 6.07) is 0. The molecule has 0 fully saturated rings. The number of hydrogen-bond acceptors (Lipinski definition) is 2. The number of rotatable bonds is 6. The third-order valence-electron chi connectivity index (χ3n) is 3.31. The first kappa shape index (κ1) is 15.1. The molecule has 3 heteroatoms. The number of hydrogen-bond donors (Lipinski definition) is 0. The van der Waals surface area contributed by atoms with E-state index in [0.717, 1.165) is 6.61 Å². The van der Waals surface area contributed by atoms with Gasteiger partial charge >= 0.3 is 0 Å². The summed E-state index contributed by atoms with van der Waals surface area (Å²) in [5.74, 6) is 0. The normalized spacial score (nSPS) is 15.8. The molecule has 15 heavy (non-hydrogen) atoms. The van der Waals surface area contributed by atoms with Crippen LogP contribution in [0.1, 0.15) is 41.5 Å². The lowest BCUT2D eigenvalue weighted by Crippen LogP contribution is -2.50. The molecule has 0 aromatic rings. The Kier molecular flexibility index (Phi) is 5.51. The van der Waals surface area contributed by atoms with Crippen LogP contribution in [-0.4, -0.2) is 32.3 Å². The Labute approximate surface area is 97.0 Å². The van der Waals surface area contributed by atoms with Gasteiger partial charge in [-0.25, -0.2) is 0 Å². The van der Waals surface area contributed by atoms with E-state index < -0.39 is 8.80 Å². The zero-order valence-corrected chi connectivity index (χ0v) is 12.8. The van der Waals surface area contributed by atoms with Crippen LogP contribution in [0, 0.1) is 0 Å². The number of ether oxygens (including phenoxy) is 2. The van der Waals surface area contributed by atoms with Gasteiger partial charge in [-0.05, 0) is 41.5 Å². The van der Waals surface area contributed by atoms with Crippen molar-refractivity contribution in [1.82, 2.24) is 0 Å². The summed E-state index contributed by atoms with van der Waals surface area (Å²) in [6.07, 6.45) is 0.134. The lowest BCUT2D eigenvalue weighted by Gasteiger charge is -2.41. The van der Waals surface area contributed by atoms with Gasteiger partial charge < -0.3 is 9.47 Å². The predicted molar refractivity (Wildman–Crippen MR) is 69.2 cm³/mol. The van der Waals surface area contributed by atoms with Crippen LogP contribution in [0.2, 0.25) is 13.1 Å². The average molecular weight is 232 g/mol. The van der Waals surface area contributed by atoms with Crippen LogP contribution in [0.15, 0.2) is 0 Å². The van der Waals surface area contributed by atoms with Crippen LogP contribution >= 0.6 is 0 Å². The largest absolute Gasteiger partial charge is 0.376 e. The molecule has 1 atom stereocenters. The van der Waals surface area contributed by atoms with Crippen LogP contribution in [0.25, 0.3) is 0 Å². The Balaban J connectivity index is 4.48. The molecule has 0 N–H and O–H groups in total. The molecule has 0 aromatic carbocycles. The molecule has 1 unspecified atom stereocenters. The quantitative estimate of drug-likeness (QED) is 0.655. The van der Waals surface area contributed by atoms with Crippen molar-refractivity contribution < 1.29 is 9.47 Å². The SMILES string of the molecule is CCOC(C)C(C)(C)OC(C)(C)[SiH](C)C. The molecule has 0 amide bonds. The topological polar surface area (TPSA) is 18.5 Å². The molecule has 2 nitrogen and oxygen atoms in total. The van der Waals surface area contributed by atoms with Gasteiger partial charge in [0.1, 0.15) is 0 Å². The monoisotopic (exact) mass is 232 g/mol. The molecule has 0 aliphatic rings. The van der Waals surface area contributed by atoms with Crippen LogP contribution in [0.3, 0.4) is 0 Å². The van der Waals surface area contributed by atoms with Gasteiger partial charge in [0.2, 0.25) is 0 Å². The maximum Gasteiger partial charge on any atom is 0.0887 e. The van der Waals surface area contributed by atoms with Crippen molar-refractivity contribution >= 4 is 8.80 Å². The molecule has 0 aromatic heterocycles. The second-order valence-corrected chi connectivity index (χ2v) is 9.26. The molecule has 92 valence electrons. The van der Waals surface area contributed by atoms with Crippen molar-refractivity contribution in [2.24, 2.45) is 0 Å². The van der Waals surface area contributed by atoms with Gasteiger partial charge in [0, 0.05) is 6.61 Å². The zero-order valence-electron chi connectivity index (χ0n) is 11.7. The van der Waals surface area contributed by atoms with E-state index in [1.165, 1.54) is 0 Å². The fraction of sp³-hybridized carbons (Fsp3) is 1.00. The summed E-state index contributed by atoms with van der Waals surface area (Å²) < 4.78 is 11.9. The maximum absolute atomic E-state index is 6.24. The van der Waals surface area contributed by atoms with Gasteiger partial charge in [-0.15, -0.1) is 0 Å². The summed E-state index contributed by atoms with van der Waals surface area (Å²) in [7, 11) is -0.818. The fourth-order valence-corrected chi connectivity index (χ4v) is 1.87. The summed E-state index contributed by atoms with van der Waals surface area (Å²) in [5.41, 5.74) is -0.212. The maximum atomic E-state index is 6.24. The Morgan fingerprint density at radius 3 is 1.93 bits per heavy atom. The first-order valence-electron chi connectivity index (χ1n) is 5.95. The van der Waals surface area contributed by atoms with Gasteiger partial charge in [-0.3, -0.25) is 0 Å². The molecule has 0 spiro atoms. The summed E-state index contributed by atoms with van der Waals surface area (Å²) >= 11 is 0. The third kappa shape index (κ3) is 4.66. The first-order chi connectivity index (χ1) is 6.63. The molecule has 0 saturated heterocycles. The van der Waals surface area contributed by atoms with Crippen LogP contribution in [-0.2, 0) is 9.47 Å². The minimum absolute atomic E-state index is 0.0227. The summed E-state index contributed by atoms with van der Waals surface area (Å²) in [6.45, 7) is 18.1. The average Bonchev–Trinajstić information content (AvgIpc) is 2.02. The van der Waals surface area contributed by atoms with Gasteiger partial charge in [0.25, 0.3) is 0 Å². The predicted octanol–water partition coefficient (Wildman–Crippen LogP) is 3.01. The summed E-state index contributed by atoms with van der Waals surface area (Å²) in [4.78, 5) is 0. The molecule has 0 bridgehead atoms. The molecule has 0 aliphatic heterocycles. The van der Waals surface area contributed by atoms with Crippen molar-refractivity contribution in [2.45, 2.75) is 71.6 Å². The smallest absolute Gasteiger partial charge is 0.0887 e. The minimum Gasteiger partial charge on any atom is -0.376 e. The Morgan fingerprint density at radius 2 is 1.60 bits per heavy atom. The van der Waals surface area contributed by atoms with E-state index in [1.54, 1.807) is 0 Å². The van der Waals surface area contributed by atoms with Crippen molar-refractivity contribution in [1.29, 1.82) is 0 Å². The molecule has 0 rings (SSSR count). The van der Waals surface area contributed by atoms with Crippen LogP contribution in [0.4, 0.5) is 0 Å². The second-order valence-electron chi connectivity index (χ2n) is 5.56. The van der Waals surface area contributed by atoms with E-state index in [4.69, 9.17) is 9.47 Å². The molecule has 0 heterocycles. The van der Waals surface area contributed by atoms with Gasteiger partial charge in [-0.1, -0.05) is 13.1 Å². The fourth-order valence-electron chi connectivity index (χ4n) is 1.33. The molecule has 0 saturated carbocycles. The molecular formula is C12H28O2Si. The zero-order chi connectivity index (χ0) is 12.3. The van der Waals surface area contributed by atoms with Gasteiger partial charge in [0.05, 0.1) is 25.7 Å². The van der Waals surface area contributed by atoms with Crippen molar-refractivity contribution in [2.75, 3.05) is 6.61 Å². The highest BCUT2D eigenvalue weighted by Crippen LogP contribution is 2.26. The van der Waals surface area contributed by atoms with Crippen molar-refractivity contribution in [3.05, 3.63) is 0 Å². The summed E-state index contributed by atoms with van der Waals surface area (Å²) in [5, 5.41) is 0.0227. The van der Waals surface area contributed by atoms with E-state index in [9.17, 15) is 0 Å². The van der Waals surface area contributed by atoms with E-state index in [-0.39, 0.29) is 16.9 Å². The molecule has 0 aliphatic carbocycles. The Morgan fingerprint density at radius 1 is 1.13 bits per heavy atom. The molecular weight excluding hydrogens is 204 g/mol. The first-order valence-corrected chi connectivity index (χ1v) is 8.84. The van der Waals surface area contributed by atoms with E-state index in [2.05, 4.69) is 47.7 Å².